The molecule has 0 saturated carbocycles. The number of hydrogen-bond donors (Lipinski definition) is 2. The van der Waals surface area contributed by atoms with Crippen molar-refractivity contribution in [2.24, 2.45) is 0 Å². The minimum Gasteiger partial charge on any atom is -0.493 e. The number of ether oxygens (including phenoxy) is 2. The largest absolute Gasteiger partial charge is 0.493 e. The zero-order valence-corrected chi connectivity index (χ0v) is 19.2. The molecule has 4 amide bonds. The van der Waals surface area contributed by atoms with Gasteiger partial charge in [-0.15, -0.1) is 0 Å². The summed E-state index contributed by atoms with van der Waals surface area (Å²) in [5.41, 5.74) is 2.60. The van der Waals surface area contributed by atoms with Crippen LogP contribution in [-0.4, -0.2) is 42.4 Å². The van der Waals surface area contributed by atoms with E-state index in [0.29, 0.717) is 40.4 Å². The Morgan fingerprint density at radius 3 is 2.03 bits per heavy atom. The number of nitrogens with one attached hydrogen (secondary N) is 2. The number of fused-ring (bicyclic) bond motifs is 1. The van der Waals surface area contributed by atoms with Gasteiger partial charge < -0.3 is 14.8 Å². The SMILES string of the molecule is CCOc1ccc(CN2C(=O)c3ccccc3C2=O)cc1C(=O)Nc1ccc(NC(=O)OC)cc1. The van der Waals surface area contributed by atoms with Gasteiger partial charge in [0.2, 0.25) is 0 Å². The third kappa shape index (κ3) is 4.98. The average molecular weight is 473 g/mol. The molecule has 0 bridgehead atoms. The maximum absolute atomic E-state index is 13.1. The van der Waals surface area contributed by atoms with Crippen molar-refractivity contribution in [3.63, 3.8) is 0 Å². The van der Waals surface area contributed by atoms with Gasteiger partial charge >= 0.3 is 6.09 Å². The Morgan fingerprint density at radius 2 is 1.46 bits per heavy atom. The van der Waals surface area contributed by atoms with E-state index >= 15 is 0 Å². The van der Waals surface area contributed by atoms with E-state index in [1.165, 1.54) is 7.11 Å². The van der Waals surface area contributed by atoms with Crippen LogP contribution in [-0.2, 0) is 11.3 Å². The normalized spacial score (nSPS) is 12.2. The summed E-state index contributed by atoms with van der Waals surface area (Å²) < 4.78 is 10.2. The van der Waals surface area contributed by atoms with E-state index in [0.717, 1.165) is 4.90 Å². The highest BCUT2D eigenvalue weighted by Crippen LogP contribution is 2.27. The Morgan fingerprint density at radius 1 is 0.857 bits per heavy atom. The van der Waals surface area contributed by atoms with Crippen LogP contribution in [0.15, 0.2) is 66.7 Å². The van der Waals surface area contributed by atoms with Gasteiger partial charge in [0.1, 0.15) is 5.75 Å². The van der Waals surface area contributed by atoms with Crippen LogP contribution in [0.4, 0.5) is 16.2 Å². The van der Waals surface area contributed by atoms with Gasteiger partial charge in [-0.1, -0.05) is 18.2 Å². The molecule has 0 aliphatic carbocycles. The highest BCUT2D eigenvalue weighted by Gasteiger charge is 2.35. The number of hydrogen-bond acceptors (Lipinski definition) is 6. The first-order valence-electron chi connectivity index (χ1n) is 10.9. The third-order valence-corrected chi connectivity index (χ3v) is 5.38. The number of amides is 4. The van der Waals surface area contributed by atoms with Crippen LogP contribution in [0.25, 0.3) is 0 Å². The molecule has 1 aliphatic rings. The number of nitrogens with zero attached hydrogens (tertiary/aromatic N) is 1. The first-order valence-corrected chi connectivity index (χ1v) is 10.9. The van der Waals surface area contributed by atoms with Gasteiger partial charge in [0.15, 0.2) is 0 Å². The fourth-order valence-corrected chi connectivity index (χ4v) is 3.70. The molecule has 0 atom stereocenters. The lowest BCUT2D eigenvalue weighted by Gasteiger charge is -2.16. The van der Waals surface area contributed by atoms with Gasteiger partial charge in [-0.05, 0) is 61.0 Å². The number of methoxy groups -OCH3 is 1. The van der Waals surface area contributed by atoms with E-state index in [1.54, 1.807) is 73.7 Å². The van der Waals surface area contributed by atoms with E-state index < -0.39 is 12.0 Å². The lowest BCUT2D eigenvalue weighted by Crippen LogP contribution is -2.29. The number of carbonyl (C=O) groups is 4. The molecule has 0 fully saturated rings. The van der Waals surface area contributed by atoms with Crippen LogP contribution in [0.5, 0.6) is 5.75 Å². The van der Waals surface area contributed by atoms with E-state index in [2.05, 4.69) is 15.4 Å². The first kappa shape index (κ1) is 23.5. The molecular weight excluding hydrogens is 450 g/mol. The lowest BCUT2D eigenvalue weighted by atomic mass is 10.1. The summed E-state index contributed by atoms with van der Waals surface area (Å²) in [7, 11) is 1.27. The van der Waals surface area contributed by atoms with Gasteiger partial charge in [-0.2, -0.15) is 0 Å². The van der Waals surface area contributed by atoms with Crippen LogP contribution in [0.3, 0.4) is 0 Å². The first-order chi connectivity index (χ1) is 16.9. The molecule has 0 unspecified atom stereocenters. The van der Waals surface area contributed by atoms with Crippen LogP contribution in [0.1, 0.15) is 43.6 Å². The Balaban J connectivity index is 1.53. The Kier molecular flexibility index (Phi) is 6.77. The maximum Gasteiger partial charge on any atom is 0.411 e. The number of anilines is 2. The summed E-state index contributed by atoms with van der Waals surface area (Å²) in [6.07, 6.45) is -0.599. The molecule has 9 nitrogen and oxygen atoms in total. The molecule has 0 radical (unpaired) electrons. The van der Waals surface area contributed by atoms with Gasteiger partial charge in [-0.3, -0.25) is 24.6 Å². The molecule has 35 heavy (non-hydrogen) atoms. The molecule has 0 spiro atoms. The summed E-state index contributed by atoms with van der Waals surface area (Å²) in [4.78, 5) is 51.0. The van der Waals surface area contributed by atoms with Crippen LogP contribution >= 0.6 is 0 Å². The average Bonchev–Trinajstić information content (AvgIpc) is 3.11. The summed E-state index contributed by atoms with van der Waals surface area (Å²) in [5.74, 6) is -0.788. The zero-order chi connectivity index (χ0) is 24.9. The molecule has 0 aromatic heterocycles. The second-order valence-corrected chi connectivity index (χ2v) is 7.65. The number of rotatable bonds is 7. The van der Waals surface area contributed by atoms with E-state index in [1.807, 2.05) is 0 Å². The van der Waals surface area contributed by atoms with Crippen molar-refractivity contribution in [1.82, 2.24) is 4.90 Å². The molecule has 178 valence electrons. The topological polar surface area (TPSA) is 114 Å². The fourth-order valence-electron chi connectivity index (χ4n) is 3.70. The number of benzene rings is 3. The minimum atomic E-state index is -0.599. The molecule has 4 rings (SSSR count). The molecule has 1 heterocycles. The van der Waals surface area contributed by atoms with Crippen molar-refractivity contribution in [2.45, 2.75) is 13.5 Å². The summed E-state index contributed by atoms with van der Waals surface area (Å²) in [6, 6.07) is 18.2. The third-order valence-electron chi connectivity index (χ3n) is 5.38. The molecule has 1 aliphatic heterocycles. The van der Waals surface area contributed by atoms with Crippen molar-refractivity contribution >= 4 is 35.2 Å². The monoisotopic (exact) mass is 473 g/mol. The second kappa shape index (κ2) is 10.1. The fraction of sp³-hybridized carbons (Fsp3) is 0.154. The minimum absolute atomic E-state index is 0.0208. The van der Waals surface area contributed by atoms with Crippen molar-refractivity contribution in [2.75, 3.05) is 24.4 Å². The Hall–Kier alpha value is -4.66. The molecule has 0 saturated heterocycles. The number of carbonyl (C=O) groups excluding carboxylic acids is 4. The van der Waals surface area contributed by atoms with E-state index in [4.69, 9.17) is 4.74 Å². The van der Waals surface area contributed by atoms with Crippen molar-refractivity contribution in [1.29, 1.82) is 0 Å². The summed E-state index contributed by atoms with van der Waals surface area (Å²) in [5, 5.41) is 5.33. The Labute approximate surface area is 201 Å². The van der Waals surface area contributed by atoms with Gasteiger partial charge in [0, 0.05) is 11.4 Å². The van der Waals surface area contributed by atoms with Gasteiger partial charge in [0.25, 0.3) is 17.7 Å². The van der Waals surface area contributed by atoms with Crippen molar-refractivity contribution in [3.05, 3.63) is 89.0 Å². The Bertz CT molecular complexity index is 1270. The summed E-state index contributed by atoms with van der Waals surface area (Å²) >= 11 is 0. The number of imide groups is 1. The smallest absolute Gasteiger partial charge is 0.411 e. The van der Waals surface area contributed by atoms with Crippen molar-refractivity contribution in [3.8, 4) is 5.75 Å². The quantitative estimate of drug-likeness (QED) is 0.494. The maximum atomic E-state index is 13.1. The zero-order valence-electron chi connectivity index (χ0n) is 19.2. The standard InChI is InChI=1S/C26H23N3O6/c1-3-35-22-13-8-16(15-29-24(31)19-6-4-5-7-20(19)25(29)32)14-21(22)23(30)27-17-9-11-18(12-10-17)28-26(33)34-2/h4-14H,3,15H2,1-2H3,(H,27,30)(H,28,33). The predicted molar refractivity (Wildman–Crippen MR) is 129 cm³/mol. The van der Waals surface area contributed by atoms with E-state index in [9.17, 15) is 19.2 Å². The molecular formula is C26H23N3O6. The van der Waals surface area contributed by atoms with Crippen LogP contribution in [0.2, 0.25) is 0 Å². The molecule has 9 heteroatoms. The van der Waals surface area contributed by atoms with Crippen molar-refractivity contribution < 1.29 is 28.7 Å². The summed E-state index contributed by atoms with van der Waals surface area (Å²) in [6.45, 7) is 2.18. The molecule has 3 aromatic rings. The van der Waals surface area contributed by atoms with Crippen LogP contribution in [0, 0.1) is 0 Å². The van der Waals surface area contributed by atoms with Gasteiger partial charge in [-0.25, -0.2) is 4.79 Å². The highest BCUT2D eigenvalue weighted by molar-refractivity contribution is 6.21. The van der Waals surface area contributed by atoms with Crippen LogP contribution < -0.4 is 15.4 Å². The predicted octanol–water partition coefficient (Wildman–Crippen LogP) is 4.31. The molecule has 2 N–H and O–H groups in total. The van der Waals surface area contributed by atoms with Gasteiger partial charge in [0.05, 0.1) is 37.0 Å². The highest BCUT2D eigenvalue weighted by atomic mass is 16.5. The lowest BCUT2D eigenvalue weighted by molar-refractivity contribution is 0.0642. The molecule has 3 aromatic carbocycles. The second-order valence-electron chi connectivity index (χ2n) is 7.65. The van der Waals surface area contributed by atoms with E-state index in [-0.39, 0.29) is 23.9 Å².